The molecule has 0 radical (unpaired) electrons. The number of halogens is 2. The molecule has 0 amide bonds. The Labute approximate surface area is 98.6 Å². The summed E-state index contributed by atoms with van der Waals surface area (Å²) in [5.41, 5.74) is 0.0266. The van der Waals surface area contributed by atoms with Gasteiger partial charge in [0, 0.05) is 5.56 Å². The molecule has 17 heavy (non-hydrogen) atoms. The van der Waals surface area contributed by atoms with Crippen LogP contribution in [0.5, 0.6) is 5.75 Å². The molecule has 0 saturated heterocycles. The summed E-state index contributed by atoms with van der Waals surface area (Å²) in [5, 5.41) is 0. The molecule has 0 aliphatic heterocycles. The minimum atomic E-state index is -2.95. The summed E-state index contributed by atoms with van der Waals surface area (Å²) in [7, 11) is 0. The minimum Gasteiger partial charge on any atom is -0.490 e. The Morgan fingerprint density at radius 3 is 2.29 bits per heavy atom. The van der Waals surface area contributed by atoms with Gasteiger partial charge in [0.05, 0.1) is 6.10 Å². The fraction of sp³-hybridized carbons (Fsp3) is 0.462. The van der Waals surface area contributed by atoms with Gasteiger partial charge in [-0.3, -0.25) is 4.79 Å². The van der Waals surface area contributed by atoms with Crippen molar-refractivity contribution in [1.29, 1.82) is 0 Å². The minimum absolute atomic E-state index is 0.0266. The predicted octanol–water partition coefficient (Wildman–Crippen LogP) is 3.46. The Kier molecular flexibility index (Phi) is 3.71. The first-order valence-corrected chi connectivity index (χ1v) is 5.76. The molecule has 0 spiro atoms. The van der Waals surface area contributed by atoms with Crippen LogP contribution >= 0.6 is 0 Å². The van der Waals surface area contributed by atoms with Gasteiger partial charge in [0.15, 0.2) is 0 Å². The lowest BCUT2D eigenvalue weighted by Crippen LogP contribution is -2.12. The van der Waals surface area contributed by atoms with Crippen LogP contribution in [0.25, 0.3) is 0 Å². The van der Waals surface area contributed by atoms with E-state index in [9.17, 15) is 13.6 Å². The molecular formula is C13H14F2O2. The van der Waals surface area contributed by atoms with Crippen molar-refractivity contribution in [3.8, 4) is 5.75 Å². The van der Waals surface area contributed by atoms with Crippen molar-refractivity contribution in [2.75, 3.05) is 0 Å². The third-order valence-corrected chi connectivity index (χ3v) is 2.94. The van der Waals surface area contributed by atoms with Crippen LogP contribution in [0.4, 0.5) is 8.78 Å². The second-order valence-corrected chi connectivity index (χ2v) is 4.21. The first-order valence-electron chi connectivity index (χ1n) is 5.76. The maximum Gasteiger partial charge on any atom is 0.300 e. The van der Waals surface area contributed by atoms with Gasteiger partial charge in [0.2, 0.25) is 5.78 Å². The number of hydrogen-bond donors (Lipinski definition) is 0. The van der Waals surface area contributed by atoms with Crippen molar-refractivity contribution in [2.24, 2.45) is 0 Å². The summed E-state index contributed by atoms with van der Waals surface area (Å²) < 4.78 is 30.0. The van der Waals surface area contributed by atoms with Crippen LogP contribution in [0, 0.1) is 0 Å². The molecule has 1 aliphatic rings. The van der Waals surface area contributed by atoms with E-state index in [0.717, 1.165) is 12.8 Å². The number of carbonyl (C=O) groups is 1. The molecule has 1 aromatic rings. The van der Waals surface area contributed by atoms with Gasteiger partial charge in [-0.15, -0.1) is 0 Å². The molecule has 0 aromatic heterocycles. The number of benzene rings is 1. The molecule has 0 N–H and O–H groups in total. The number of ketones is 1. The molecule has 0 unspecified atom stereocenters. The first-order chi connectivity index (χ1) is 8.16. The van der Waals surface area contributed by atoms with E-state index >= 15 is 0 Å². The summed E-state index contributed by atoms with van der Waals surface area (Å²) in [4.78, 5) is 11.0. The van der Waals surface area contributed by atoms with Gasteiger partial charge in [0.25, 0.3) is 0 Å². The molecule has 0 atom stereocenters. The summed E-state index contributed by atoms with van der Waals surface area (Å²) in [6, 6.07) is 5.93. The van der Waals surface area contributed by atoms with Crippen molar-refractivity contribution in [3.63, 3.8) is 0 Å². The highest BCUT2D eigenvalue weighted by molar-refractivity contribution is 5.98. The number of carbonyl (C=O) groups excluding carboxylic acids is 1. The van der Waals surface area contributed by atoms with Crippen LogP contribution in [0.15, 0.2) is 24.3 Å². The lowest BCUT2D eigenvalue weighted by atomic mass is 10.1. The number of Topliss-reactive ketones (excluding diaryl/α,β-unsaturated/α-hetero) is 1. The number of rotatable bonds is 4. The van der Waals surface area contributed by atoms with E-state index in [4.69, 9.17) is 4.74 Å². The molecule has 0 bridgehead atoms. The molecule has 1 aliphatic carbocycles. The standard InChI is InChI=1S/C13H14F2O2/c14-13(15)12(16)9-5-7-11(8-6-9)17-10-3-1-2-4-10/h5-8,10,13H,1-4H2. The number of ether oxygens (including phenoxy) is 1. The van der Waals surface area contributed by atoms with Crippen LogP contribution in [0.3, 0.4) is 0 Å². The van der Waals surface area contributed by atoms with E-state index in [0.29, 0.717) is 5.75 Å². The zero-order chi connectivity index (χ0) is 12.3. The first kappa shape index (κ1) is 12.0. The van der Waals surface area contributed by atoms with Crippen LogP contribution < -0.4 is 4.74 Å². The fourth-order valence-corrected chi connectivity index (χ4v) is 2.02. The van der Waals surface area contributed by atoms with Gasteiger partial charge in [0.1, 0.15) is 5.75 Å². The van der Waals surface area contributed by atoms with E-state index in [1.54, 1.807) is 12.1 Å². The molecule has 1 fully saturated rings. The smallest absolute Gasteiger partial charge is 0.300 e. The fourth-order valence-electron chi connectivity index (χ4n) is 2.02. The Morgan fingerprint density at radius 2 is 1.76 bits per heavy atom. The van der Waals surface area contributed by atoms with Crippen molar-refractivity contribution in [1.82, 2.24) is 0 Å². The van der Waals surface area contributed by atoms with Gasteiger partial charge in [-0.1, -0.05) is 0 Å². The molecule has 1 saturated carbocycles. The van der Waals surface area contributed by atoms with Crippen molar-refractivity contribution in [3.05, 3.63) is 29.8 Å². The topological polar surface area (TPSA) is 26.3 Å². The molecule has 0 heterocycles. The van der Waals surface area contributed by atoms with E-state index in [-0.39, 0.29) is 11.7 Å². The number of hydrogen-bond acceptors (Lipinski definition) is 2. The highest BCUT2D eigenvalue weighted by atomic mass is 19.3. The summed E-state index contributed by atoms with van der Waals surface area (Å²) in [6.07, 6.45) is 1.71. The monoisotopic (exact) mass is 240 g/mol. The van der Waals surface area contributed by atoms with Crippen molar-refractivity contribution < 1.29 is 18.3 Å². The van der Waals surface area contributed by atoms with E-state index in [1.807, 2.05) is 0 Å². The Hall–Kier alpha value is -1.45. The van der Waals surface area contributed by atoms with Crippen LogP contribution in [0.2, 0.25) is 0 Å². The van der Waals surface area contributed by atoms with Crippen molar-refractivity contribution >= 4 is 5.78 Å². The van der Waals surface area contributed by atoms with Gasteiger partial charge in [-0.25, -0.2) is 8.78 Å². The third kappa shape index (κ3) is 3.02. The Morgan fingerprint density at radius 1 is 1.18 bits per heavy atom. The van der Waals surface area contributed by atoms with E-state index in [1.165, 1.54) is 25.0 Å². The highest BCUT2D eigenvalue weighted by Gasteiger charge is 2.19. The maximum absolute atomic E-state index is 12.2. The number of alkyl halides is 2. The summed E-state index contributed by atoms with van der Waals surface area (Å²) in [5.74, 6) is -0.500. The van der Waals surface area contributed by atoms with Crippen LogP contribution in [0.1, 0.15) is 36.0 Å². The third-order valence-electron chi connectivity index (χ3n) is 2.94. The average Bonchev–Trinajstić information content (AvgIpc) is 2.82. The molecule has 2 rings (SSSR count). The van der Waals surface area contributed by atoms with Gasteiger partial charge >= 0.3 is 6.43 Å². The highest BCUT2D eigenvalue weighted by Crippen LogP contribution is 2.24. The van der Waals surface area contributed by atoms with E-state index < -0.39 is 12.2 Å². The van der Waals surface area contributed by atoms with E-state index in [2.05, 4.69) is 0 Å². The van der Waals surface area contributed by atoms with Crippen molar-refractivity contribution in [2.45, 2.75) is 38.2 Å². The molecule has 4 heteroatoms. The van der Waals surface area contributed by atoms with Gasteiger partial charge in [-0.2, -0.15) is 0 Å². The SMILES string of the molecule is O=C(c1ccc(OC2CCCC2)cc1)C(F)F. The second kappa shape index (κ2) is 5.25. The molecule has 2 nitrogen and oxygen atoms in total. The summed E-state index contributed by atoms with van der Waals surface area (Å²) >= 11 is 0. The zero-order valence-electron chi connectivity index (χ0n) is 9.36. The van der Waals surface area contributed by atoms with Gasteiger partial charge < -0.3 is 4.74 Å². The largest absolute Gasteiger partial charge is 0.490 e. The molecule has 1 aromatic carbocycles. The quantitative estimate of drug-likeness (QED) is 0.753. The normalized spacial score (nSPS) is 16.4. The zero-order valence-corrected chi connectivity index (χ0v) is 9.36. The molecule has 92 valence electrons. The maximum atomic E-state index is 12.2. The van der Waals surface area contributed by atoms with Crippen LogP contribution in [-0.2, 0) is 0 Å². The molecular weight excluding hydrogens is 226 g/mol. The Bertz CT molecular complexity index is 381. The predicted molar refractivity (Wildman–Crippen MR) is 59.7 cm³/mol. The van der Waals surface area contributed by atoms with Gasteiger partial charge in [-0.05, 0) is 49.9 Å². The Balaban J connectivity index is 1.99. The summed E-state index contributed by atoms with van der Waals surface area (Å²) in [6.45, 7) is 0. The lowest BCUT2D eigenvalue weighted by molar-refractivity contribution is 0.0678. The average molecular weight is 240 g/mol. The van der Waals surface area contributed by atoms with Crippen LogP contribution in [-0.4, -0.2) is 18.3 Å². The second-order valence-electron chi connectivity index (χ2n) is 4.21. The lowest BCUT2D eigenvalue weighted by Gasteiger charge is -2.13.